The normalized spacial score (nSPS) is 11.3. The minimum atomic E-state index is -1.96. The van der Waals surface area contributed by atoms with Crippen molar-refractivity contribution in [2.45, 2.75) is 37.0 Å². The van der Waals surface area contributed by atoms with Crippen LogP contribution < -0.4 is 4.40 Å². The Labute approximate surface area is 277 Å². The summed E-state index contributed by atoms with van der Waals surface area (Å²) < 4.78 is 1.54. The summed E-state index contributed by atoms with van der Waals surface area (Å²) in [6, 6.07) is 45.1. The third-order valence-electron chi connectivity index (χ3n) is 8.01. The van der Waals surface area contributed by atoms with Crippen LogP contribution in [0.15, 0.2) is 122 Å². The Bertz CT molecular complexity index is 1990. The number of hydrogen-bond acceptors (Lipinski definition) is 2. The van der Waals surface area contributed by atoms with Crippen LogP contribution in [0.5, 0.6) is 0 Å². The van der Waals surface area contributed by atoms with E-state index in [1.807, 2.05) is 48.7 Å². The molecule has 0 amide bonds. The Morgan fingerprint density at radius 3 is 1.93 bits per heavy atom. The maximum absolute atomic E-state index is 4.68. The number of nitrogens with zero attached hydrogens (tertiary/aromatic N) is 2. The fraction of sp³-hybridized carbons (Fsp3) is 0.150. The molecule has 5 aromatic carbocycles. The minimum absolute atomic E-state index is 0. The van der Waals surface area contributed by atoms with E-state index >= 15 is 0 Å². The molecule has 7 rings (SSSR count). The summed E-state index contributed by atoms with van der Waals surface area (Å²) in [6.07, 6.45) is 3.71. The number of benzene rings is 5. The molecule has 0 aliphatic heterocycles. The van der Waals surface area contributed by atoms with Crippen molar-refractivity contribution < 1.29 is 20.1 Å². The molecule has 0 bridgehead atoms. The Balaban J connectivity index is 0.000000248. The summed E-state index contributed by atoms with van der Waals surface area (Å²) in [5, 5.41) is 7.86. The zero-order valence-electron chi connectivity index (χ0n) is 25.9. The molecule has 0 unspecified atom stereocenters. The standard InChI is InChI=1S/C29H28GeN.C11H8N.Ir/c1-19(2)20-14-15-31-29(17-20)21-10-12-25-23-8-6-7-9-24(23)26-13-11-22(30(3,4)5)18-28(26)27(25)16-21;1-2-6-10(7-3-1)11-8-4-5-9-12-11;/h6-9,11-19H,1-5H3;1-6,8-9H;/q2*-1;. The molecule has 0 saturated carbocycles. The molecule has 0 N–H and O–H groups in total. The molecular weight excluding hydrogens is 773 g/mol. The van der Waals surface area contributed by atoms with Crippen molar-refractivity contribution in [1.82, 2.24) is 9.97 Å². The molecule has 2 nitrogen and oxygen atoms in total. The van der Waals surface area contributed by atoms with Crippen molar-refractivity contribution in [2.75, 3.05) is 0 Å². The molecule has 7 aromatic rings. The maximum Gasteiger partial charge on any atom is 0.0160 e. The third kappa shape index (κ3) is 6.71. The molecule has 0 spiro atoms. The molecule has 1 radical (unpaired) electrons. The number of fused-ring (bicyclic) bond motifs is 6. The van der Waals surface area contributed by atoms with Gasteiger partial charge in [0.15, 0.2) is 0 Å². The van der Waals surface area contributed by atoms with Gasteiger partial charge in [0.1, 0.15) is 0 Å². The van der Waals surface area contributed by atoms with E-state index in [4.69, 9.17) is 0 Å². The predicted octanol–water partition coefficient (Wildman–Crippen LogP) is 10.2. The van der Waals surface area contributed by atoms with Gasteiger partial charge in [-0.1, -0.05) is 12.1 Å². The second kappa shape index (κ2) is 13.6. The number of pyridine rings is 2. The van der Waals surface area contributed by atoms with Crippen LogP contribution >= 0.6 is 0 Å². The summed E-state index contributed by atoms with van der Waals surface area (Å²) in [5.41, 5.74) is 5.38. The summed E-state index contributed by atoms with van der Waals surface area (Å²) in [7, 11) is 0. The van der Waals surface area contributed by atoms with Crippen molar-refractivity contribution in [3.8, 4) is 22.5 Å². The van der Waals surface area contributed by atoms with Crippen molar-refractivity contribution in [2.24, 2.45) is 0 Å². The van der Waals surface area contributed by atoms with Gasteiger partial charge in [0.25, 0.3) is 0 Å². The van der Waals surface area contributed by atoms with Gasteiger partial charge in [-0.3, -0.25) is 0 Å². The Hall–Kier alpha value is -3.63. The first kappa shape index (κ1) is 31.8. The summed E-state index contributed by atoms with van der Waals surface area (Å²) >= 11 is -1.96. The van der Waals surface area contributed by atoms with Gasteiger partial charge in [0, 0.05) is 26.3 Å². The van der Waals surface area contributed by atoms with Gasteiger partial charge in [0.2, 0.25) is 0 Å². The zero-order valence-corrected chi connectivity index (χ0v) is 30.3. The van der Waals surface area contributed by atoms with Crippen LogP contribution in [-0.2, 0) is 20.1 Å². The van der Waals surface area contributed by atoms with E-state index in [1.165, 1.54) is 37.9 Å². The first-order valence-corrected chi connectivity index (χ1v) is 22.3. The second-order valence-electron chi connectivity index (χ2n) is 12.4. The van der Waals surface area contributed by atoms with E-state index in [0.29, 0.717) is 5.92 Å². The second-order valence-corrected chi connectivity index (χ2v) is 23.0. The van der Waals surface area contributed by atoms with Gasteiger partial charge in [-0.05, 0) is 11.8 Å². The number of hydrogen-bond donors (Lipinski definition) is 0. The van der Waals surface area contributed by atoms with E-state index in [-0.39, 0.29) is 20.1 Å². The van der Waals surface area contributed by atoms with Gasteiger partial charge in [-0.25, -0.2) is 0 Å². The molecule has 0 saturated heterocycles. The Morgan fingerprint density at radius 2 is 1.25 bits per heavy atom. The van der Waals surface area contributed by atoms with Crippen LogP contribution in [0.1, 0.15) is 25.3 Å². The molecule has 2 heterocycles. The average Bonchev–Trinajstić information content (AvgIpc) is 3.05. The van der Waals surface area contributed by atoms with Crippen LogP contribution in [0.2, 0.25) is 17.3 Å². The van der Waals surface area contributed by atoms with Crippen LogP contribution in [0, 0.1) is 12.1 Å². The van der Waals surface area contributed by atoms with Crippen LogP contribution in [-0.4, -0.2) is 23.2 Å². The zero-order chi connectivity index (χ0) is 30.0. The monoisotopic (exact) mass is 811 g/mol. The van der Waals surface area contributed by atoms with E-state index in [1.54, 1.807) is 10.6 Å². The fourth-order valence-corrected chi connectivity index (χ4v) is 7.97. The van der Waals surface area contributed by atoms with Crippen molar-refractivity contribution in [3.05, 3.63) is 139 Å². The molecule has 4 heteroatoms. The third-order valence-corrected chi connectivity index (χ3v) is 12.3. The number of rotatable bonds is 4. The molecule has 0 aliphatic rings. The van der Waals surface area contributed by atoms with Gasteiger partial charge in [0.05, 0.1) is 0 Å². The molecule has 0 atom stereocenters. The van der Waals surface area contributed by atoms with E-state index in [0.717, 1.165) is 22.5 Å². The van der Waals surface area contributed by atoms with Crippen LogP contribution in [0.4, 0.5) is 0 Å². The van der Waals surface area contributed by atoms with E-state index < -0.39 is 13.3 Å². The minimum Gasteiger partial charge on any atom is -0.305 e. The molecule has 2 aromatic heterocycles. The van der Waals surface area contributed by atoms with Gasteiger partial charge < -0.3 is 4.98 Å². The SMILES string of the molecule is CC(C)c1ccnc(-c2[c-]cc3c4ccccc4c4cc[c]([Ge]([CH3])([CH3])[CH3])cc4c3c2)c1.[Ir].[c-]1ccccc1-c1ccccn1. The first-order chi connectivity index (χ1) is 20.8. The summed E-state index contributed by atoms with van der Waals surface area (Å²) in [4.78, 5) is 8.89. The van der Waals surface area contributed by atoms with Crippen molar-refractivity contribution in [3.63, 3.8) is 0 Å². The first-order valence-electron chi connectivity index (χ1n) is 14.9. The number of aromatic nitrogens is 2. The summed E-state index contributed by atoms with van der Waals surface area (Å²) in [6.45, 7) is 4.45. The predicted molar refractivity (Wildman–Crippen MR) is 187 cm³/mol. The average molecular weight is 810 g/mol. The smallest absolute Gasteiger partial charge is 0.0160 e. The van der Waals surface area contributed by atoms with Gasteiger partial charge in [-0.2, -0.15) is 0 Å². The molecule has 44 heavy (non-hydrogen) atoms. The molecular formula is C40H36GeIrN2-2. The van der Waals surface area contributed by atoms with Crippen LogP contribution in [0.25, 0.3) is 54.8 Å². The molecule has 0 fully saturated rings. The fourth-order valence-electron chi connectivity index (χ4n) is 5.53. The quantitative estimate of drug-likeness (QED) is 0.101. The topological polar surface area (TPSA) is 25.8 Å². The van der Waals surface area contributed by atoms with E-state index in [9.17, 15) is 0 Å². The summed E-state index contributed by atoms with van der Waals surface area (Å²) in [5.74, 6) is 7.87. The van der Waals surface area contributed by atoms with Crippen molar-refractivity contribution in [1.29, 1.82) is 0 Å². The molecule has 221 valence electrons. The van der Waals surface area contributed by atoms with Crippen LogP contribution in [0.3, 0.4) is 0 Å². The van der Waals surface area contributed by atoms with Gasteiger partial charge >= 0.3 is 188 Å². The van der Waals surface area contributed by atoms with E-state index in [2.05, 4.69) is 120 Å². The van der Waals surface area contributed by atoms with Gasteiger partial charge in [-0.15, -0.1) is 35.9 Å². The molecule has 0 aliphatic carbocycles. The largest absolute Gasteiger partial charge is 0.305 e. The van der Waals surface area contributed by atoms with Crippen molar-refractivity contribution >= 4 is 50.0 Å². The Morgan fingerprint density at radius 1 is 0.568 bits per heavy atom. The Kier molecular flexibility index (Phi) is 9.80. The maximum atomic E-state index is 4.68.